The summed E-state index contributed by atoms with van der Waals surface area (Å²) < 4.78 is 5.15. The molecule has 0 saturated carbocycles. The first-order valence-corrected chi connectivity index (χ1v) is 6.78. The van der Waals surface area contributed by atoms with E-state index in [0.29, 0.717) is 0 Å². The molecule has 2 aromatic carbocycles. The van der Waals surface area contributed by atoms with E-state index in [-0.39, 0.29) is 0 Å². The van der Waals surface area contributed by atoms with Crippen LogP contribution in [-0.2, 0) is 0 Å². The van der Waals surface area contributed by atoms with Crippen molar-refractivity contribution in [2.45, 2.75) is 4.90 Å². The van der Waals surface area contributed by atoms with Crippen LogP contribution in [0.4, 0.5) is 0 Å². The van der Waals surface area contributed by atoms with Crippen molar-refractivity contribution in [1.82, 2.24) is 0 Å². The van der Waals surface area contributed by atoms with E-state index in [2.05, 4.69) is 25.3 Å². The van der Waals surface area contributed by atoms with Gasteiger partial charge in [0.15, 0.2) is 0 Å². The van der Waals surface area contributed by atoms with Crippen LogP contribution in [0.3, 0.4) is 0 Å². The van der Waals surface area contributed by atoms with Gasteiger partial charge in [-0.25, -0.2) is 0 Å². The van der Waals surface area contributed by atoms with E-state index in [4.69, 9.17) is 4.74 Å². The van der Waals surface area contributed by atoms with E-state index in [0.717, 1.165) is 21.8 Å². The van der Waals surface area contributed by atoms with E-state index in [1.807, 2.05) is 42.5 Å². The first-order chi connectivity index (χ1) is 9.20. The van der Waals surface area contributed by atoms with Gasteiger partial charge in [-0.15, -0.1) is 0 Å². The van der Waals surface area contributed by atoms with Gasteiger partial charge in [0.1, 0.15) is 5.75 Å². The highest BCUT2D eigenvalue weighted by Crippen LogP contribution is 2.34. The molecular formula is C17H16OS. The molecule has 0 unspecified atom stereocenters. The molecule has 0 atom stereocenters. The summed E-state index contributed by atoms with van der Waals surface area (Å²) in [6, 6.07) is 18.0. The maximum atomic E-state index is 5.15. The number of hydrogen-bond acceptors (Lipinski definition) is 2. The highest BCUT2D eigenvalue weighted by molar-refractivity contribution is 8.03. The van der Waals surface area contributed by atoms with Crippen molar-refractivity contribution >= 4 is 17.3 Å². The molecule has 0 bridgehead atoms. The third-order valence-electron chi connectivity index (χ3n) is 2.76. The van der Waals surface area contributed by atoms with Gasteiger partial charge in [0, 0.05) is 9.80 Å². The quantitative estimate of drug-likeness (QED) is 0.556. The van der Waals surface area contributed by atoms with Gasteiger partial charge in [0.2, 0.25) is 0 Å². The standard InChI is InChI=1S/C17H16OS/c1-13(15-9-11-16(18-3)12-10-15)14(2)19-17-7-5-4-6-8-17/h4-12H,1-2H2,3H3. The summed E-state index contributed by atoms with van der Waals surface area (Å²) in [7, 11) is 1.66. The number of rotatable bonds is 5. The highest BCUT2D eigenvalue weighted by Gasteiger charge is 2.05. The van der Waals surface area contributed by atoms with Gasteiger partial charge in [-0.3, -0.25) is 0 Å². The minimum absolute atomic E-state index is 0.845. The van der Waals surface area contributed by atoms with Gasteiger partial charge in [0.25, 0.3) is 0 Å². The summed E-state index contributed by atoms with van der Waals surface area (Å²) in [5.41, 5.74) is 2.01. The molecule has 0 heterocycles. The molecule has 19 heavy (non-hydrogen) atoms. The van der Waals surface area contributed by atoms with Gasteiger partial charge < -0.3 is 4.74 Å². The van der Waals surface area contributed by atoms with Crippen LogP contribution in [0.15, 0.2) is 77.6 Å². The smallest absolute Gasteiger partial charge is 0.118 e. The van der Waals surface area contributed by atoms with Crippen molar-refractivity contribution in [2.75, 3.05) is 7.11 Å². The average Bonchev–Trinajstić information content (AvgIpc) is 2.47. The Balaban J connectivity index is 2.08. The molecule has 96 valence electrons. The molecule has 0 saturated heterocycles. The molecule has 0 fully saturated rings. The Hall–Kier alpha value is -1.93. The topological polar surface area (TPSA) is 9.23 Å². The Labute approximate surface area is 118 Å². The molecule has 2 aromatic rings. The van der Waals surface area contributed by atoms with Crippen LogP contribution in [0.2, 0.25) is 0 Å². The first-order valence-electron chi connectivity index (χ1n) is 5.96. The summed E-state index contributed by atoms with van der Waals surface area (Å²) in [5, 5.41) is 0. The predicted molar refractivity (Wildman–Crippen MR) is 83.5 cm³/mol. The van der Waals surface area contributed by atoms with Crippen molar-refractivity contribution < 1.29 is 4.74 Å². The Kier molecular flexibility index (Phi) is 4.48. The van der Waals surface area contributed by atoms with Crippen LogP contribution in [0.1, 0.15) is 5.56 Å². The average molecular weight is 268 g/mol. The zero-order valence-electron chi connectivity index (χ0n) is 10.9. The summed E-state index contributed by atoms with van der Waals surface area (Å²) in [4.78, 5) is 2.12. The predicted octanol–water partition coefficient (Wildman–Crippen LogP) is 5.01. The lowest BCUT2D eigenvalue weighted by Crippen LogP contribution is -1.86. The zero-order valence-corrected chi connectivity index (χ0v) is 11.7. The number of benzene rings is 2. The number of methoxy groups -OCH3 is 1. The molecule has 0 aliphatic carbocycles. The maximum Gasteiger partial charge on any atom is 0.118 e. The highest BCUT2D eigenvalue weighted by atomic mass is 32.2. The van der Waals surface area contributed by atoms with E-state index >= 15 is 0 Å². The Bertz CT molecular complexity index is 570. The fourth-order valence-corrected chi connectivity index (χ4v) is 2.46. The first kappa shape index (κ1) is 13.5. The lowest BCUT2D eigenvalue weighted by Gasteiger charge is -2.10. The molecule has 0 aliphatic heterocycles. The van der Waals surface area contributed by atoms with E-state index < -0.39 is 0 Å². The molecule has 0 N–H and O–H groups in total. The molecule has 0 aromatic heterocycles. The second-order valence-electron chi connectivity index (χ2n) is 4.05. The van der Waals surface area contributed by atoms with Crippen molar-refractivity contribution in [3.8, 4) is 5.75 Å². The molecule has 0 spiro atoms. The summed E-state index contributed by atoms with van der Waals surface area (Å²) >= 11 is 1.63. The van der Waals surface area contributed by atoms with Gasteiger partial charge in [-0.1, -0.05) is 55.3 Å². The lowest BCUT2D eigenvalue weighted by molar-refractivity contribution is 0.415. The number of ether oxygens (including phenoxy) is 1. The van der Waals surface area contributed by atoms with Crippen molar-refractivity contribution in [3.05, 3.63) is 78.2 Å². The normalized spacial score (nSPS) is 9.95. The summed E-state index contributed by atoms with van der Waals surface area (Å²) in [6.45, 7) is 8.22. The van der Waals surface area contributed by atoms with Crippen LogP contribution in [-0.4, -0.2) is 7.11 Å². The van der Waals surface area contributed by atoms with Gasteiger partial charge in [-0.2, -0.15) is 0 Å². The second kappa shape index (κ2) is 6.30. The third kappa shape index (κ3) is 3.52. The van der Waals surface area contributed by atoms with Crippen LogP contribution < -0.4 is 4.74 Å². The monoisotopic (exact) mass is 268 g/mol. The zero-order chi connectivity index (χ0) is 13.7. The number of allylic oxidation sites excluding steroid dienone is 1. The molecule has 0 aliphatic rings. The fraction of sp³-hybridized carbons (Fsp3) is 0.0588. The van der Waals surface area contributed by atoms with Crippen molar-refractivity contribution in [1.29, 1.82) is 0 Å². The van der Waals surface area contributed by atoms with Crippen molar-refractivity contribution in [3.63, 3.8) is 0 Å². The molecule has 0 amide bonds. The van der Waals surface area contributed by atoms with Crippen LogP contribution in [0.5, 0.6) is 5.75 Å². The van der Waals surface area contributed by atoms with Crippen LogP contribution >= 0.6 is 11.8 Å². The number of hydrogen-bond donors (Lipinski definition) is 0. The third-order valence-corrected chi connectivity index (χ3v) is 3.76. The molecule has 2 rings (SSSR count). The van der Waals surface area contributed by atoms with E-state index in [1.165, 1.54) is 4.90 Å². The number of thioether (sulfide) groups is 1. The minimum atomic E-state index is 0.845. The summed E-state index contributed by atoms with van der Waals surface area (Å²) in [6.07, 6.45) is 0. The second-order valence-corrected chi connectivity index (χ2v) is 5.21. The SMILES string of the molecule is C=C(Sc1ccccc1)C(=C)c1ccc(OC)cc1. The fourth-order valence-electron chi connectivity index (χ4n) is 1.65. The van der Waals surface area contributed by atoms with Gasteiger partial charge >= 0.3 is 0 Å². The Morgan fingerprint density at radius 3 is 2.16 bits per heavy atom. The molecule has 2 heteroatoms. The molecular weight excluding hydrogens is 252 g/mol. The Morgan fingerprint density at radius 1 is 0.947 bits per heavy atom. The molecule has 0 radical (unpaired) electrons. The van der Waals surface area contributed by atoms with E-state index in [9.17, 15) is 0 Å². The maximum absolute atomic E-state index is 5.15. The van der Waals surface area contributed by atoms with Crippen LogP contribution in [0, 0.1) is 0 Å². The lowest BCUT2D eigenvalue weighted by atomic mass is 10.1. The Morgan fingerprint density at radius 2 is 1.58 bits per heavy atom. The minimum Gasteiger partial charge on any atom is -0.497 e. The largest absolute Gasteiger partial charge is 0.497 e. The van der Waals surface area contributed by atoms with Crippen molar-refractivity contribution in [2.24, 2.45) is 0 Å². The van der Waals surface area contributed by atoms with Crippen LogP contribution in [0.25, 0.3) is 5.57 Å². The van der Waals surface area contributed by atoms with Gasteiger partial charge in [0.05, 0.1) is 7.11 Å². The summed E-state index contributed by atoms with van der Waals surface area (Å²) in [5.74, 6) is 0.845. The van der Waals surface area contributed by atoms with Gasteiger partial charge in [-0.05, 0) is 35.4 Å². The molecule has 1 nitrogen and oxygen atoms in total. The van der Waals surface area contributed by atoms with E-state index in [1.54, 1.807) is 18.9 Å².